The van der Waals surface area contributed by atoms with Crippen molar-refractivity contribution in [3.05, 3.63) is 0 Å². The second-order valence-corrected chi connectivity index (χ2v) is 4.77. The normalized spacial score (nSPS) is 25.0. The predicted molar refractivity (Wildman–Crippen MR) is 69.5 cm³/mol. The van der Waals surface area contributed by atoms with Crippen molar-refractivity contribution in [2.24, 2.45) is 0 Å². The van der Waals surface area contributed by atoms with Crippen LogP contribution in [0.2, 0.25) is 0 Å². The average molecular weight is 306 g/mol. The zero-order valence-electron chi connectivity index (χ0n) is 11.9. The van der Waals surface area contributed by atoms with Crippen LogP contribution in [0.25, 0.3) is 0 Å². The number of Topliss-reactive ketones (excluding diaryl/α,β-unsaturated/α-hetero) is 1. The molecular weight excluding hydrogens is 284 g/mol. The summed E-state index contributed by atoms with van der Waals surface area (Å²) in [5.41, 5.74) is 0. The molecular formula is C13H22O8. The lowest BCUT2D eigenvalue weighted by Crippen LogP contribution is -2.42. The molecule has 0 aromatic rings. The van der Waals surface area contributed by atoms with E-state index in [1.54, 1.807) is 0 Å². The number of hydrogen-bond acceptors (Lipinski definition) is 8. The highest BCUT2D eigenvalue weighted by Crippen LogP contribution is 2.19. The topological polar surface area (TPSA) is 123 Å². The zero-order valence-corrected chi connectivity index (χ0v) is 11.9. The van der Waals surface area contributed by atoms with Gasteiger partial charge in [0.05, 0.1) is 19.8 Å². The van der Waals surface area contributed by atoms with Crippen LogP contribution in [0.1, 0.15) is 19.8 Å². The molecule has 122 valence electrons. The highest BCUT2D eigenvalue weighted by Gasteiger charge is 2.48. The van der Waals surface area contributed by atoms with Gasteiger partial charge in [0, 0.05) is 6.61 Å². The van der Waals surface area contributed by atoms with E-state index in [9.17, 15) is 14.7 Å². The van der Waals surface area contributed by atoms with Crippen LogP contribution >= 0.6 is 0 Å². The monoisotopic (exact) mass is 306 g/mol. The molecule has 0 aliphatic carbocycles. The van der Waals surface area contributed by atoms with E-state index in [4.69, 9.17) is 19.7 Å². The molecule has 0 aromatic heterocycles. The fourth-order valence-corrected chi connectivity index (χ4v) is 1.82. The van der Waals surface area contributed by atoms with Crippen LogP contribution in [-0.2, 0) is 23.8 Å². The number of hydrogen-bond donors (Lipinski definition) is 3. The third-order valence-corrected chi connectivity index (χ3v) is 3.08. The van der Waals surface area contributed by atoms with Gasteiger partial charge >= 0.3 is 5.97 Å². The number of esters is 1. The van der Waals surface area contributed by atoms with E-state index in [-0.39, 0.29) is 13.2 Å². The average Bonchev–Trinajstić information content (AvgIpc) is 2.77. The molecule has 21 heavy (non-hydrogen) atoms. The van der Waals surface area contributed by atoms with E-state index in [2.05, 4.69) is 4.74 Å². The lowest BCUT2D eigenvalue weighted by atomic mass is 10.1. The maximum absolute atomic E-state index is 11.6. The lowest BCUT2D eigenvalue weighted by molar-refractivity contribution is -0.152. The Morgan fingerprint density at radius 3 is 2.57 bits per heavy atom. The molecule has 1 aliphatic rings. The Morgan fingerprint density at radius 1 is 1.29 bits per heavy atom. The number of carbonyl (C=O) groups excluding carboxylic acids is 2. The van der Waals surface area contributed by atoms with Gasteiger partial charge in [-0.3, -0.25) is 4.79 Å². The van der Waals surface area contributed by atoms with E-state index in [0.29, 0.717) is 6.61 Å². The molecule has 0 radical (unpaired) electrons. The van der Waals surface area contributed by atoms with Gasteiger partial charge in [0.25, 0.3) is 5.78 Å². The summed E-state index contributed by atoms with van der Waals surface area (Å²) in [4.78, 5) is 22.8. The molecule has 0 aromatic carbocycles. The molecule has 1 aliphatic heterocycles. The Hall–Kier alpha value is -1.06. The van der Waals surface area contributed by atoms with Crippen molar-refractivity contribution in [3.63, 3.8) is 0 Å². The number of rotatable bonds is 10. The predicted octanol–water partition coefficient (Wildman–Crippen LogP) is -1.60. The summed E-state index contributed by atoms with van der Waals surface area (Å²) in [5, 5.41) is 27.6. The van der Waals surface area contributed by atoms with Gasteiger partial charge in [-0.2, -0.15) is 0 Å². The first-order valence-corrected chi connectivity index (χ1v) is 6.92. The van der Waals surface area contributed by atoms with Gasteiger partial charge in [-0.05, 0) is 6.42 Å². The fraction of sp³-hybridized carbons (Fsp3) is 0.846. The second kappa shape index (κ2) is 9.06. The van der Waals surface area contributed by atoms with Gasteiger partial charge in [0.15, 0.2) is 12.2 Å². The molecule has 3 N–H and O–H groups in total. The van der Waals surface area contributed by atoms with Crippen LogP contribution in [0.3, 0.4) is 0 Å². The van der Waals surface area contributed by atoms with Crippen molar-refractivity contribution in [2.45, 2.75) is 44.2 Å². The summed E-state index contributed by atoms with van der Waals surface area (Å²) in [6.45, 7) is 1.35. The number of cyclic esters (lactones) is 1. The Kier molecular flexibility index (Phi) is 7.76. The minimum absolute atomic E-state index is 0.123. The Bertz CT molecular complexity index is 345. The third-order valence-electron chi connectivity index (χ3n) is 3.08. The van der Waals surface area contributed by atoms with Crippen LogP contribution in [0, 0.1) is 0 Å². The molecule has 0 saturated carbocycles. The molecule has 1 heterocycles. The van der Waals surface area contributed by atoms with Gasteiger partial charge in [-0.1, -0.05) is 13.3 Å². The minimum Gasteiger partial charge on any atom is -0.450 e. The first-order valence-electron chi connectivity index (χ1n) is 6.92. The summed E-state index contributed by atoms with van der Waals surface area (Å²) < 4.78 is 15.3. The van der Waals surface area contributed by atoms with Gasteiger partial charge in [0.2, 0.25) is 0 Å². The molecule has 8 heteroatoms. The SMILES string of the molecule is CCCCOC(CO)COC1C(=O)C(=O)O[C@@H]1[C@@H](O)CO. The fourth-order valence-electron chi connectivity index (χ4n) is 1.82. The summed E-state index contributed by atoms with van der Waals surface area (Å²) >= 11 is 0. The quantitative estimate of drug-likeness (QED) is 0.250. The number of unbranched alkanes of at least 4 members (excludes halogenated alkanes) is 1. The van der Waals surface area contributed by atoms with Crippen LogP contribution in [-0.4, -0.2) is 77.9 Å². The zero-order chi connectivity index (χ0) is 15.8. The highest BCUT2D eigenvalue weighted by molar-refractivity contribution is 6.37. The van der Waals surface area contributed by atoms with Crippen molar-refractivity contribution in [1.29, 1.82) is 0 Å². The van der Waals surface area contributed by atoms with Crippen LogP contribution < -0.4 is 0 Å². The molecule has 0 bridgehead atoms. The van der Waals surface area contributed by atoms with E-state index in [1.807, 2.05) is 6.92 Å². The molecule has 1 rings (SSSR count). The minimum atomic E-state index is -1.40. The molecule has 4 atom stereocenters. The number of ether oxygens (including phenoxy) is 3. The van der Waals surface area contributed by atoms with Gasteiger partial charge in [0.1, 0.15) is 12.2 Å². The van der Waals surface area contributed by atoms with Crippen LogP contribution in [0.5, 0.6) is 0 Å². The van der Waals surface area contributed by atoms with E-state index in [0.717, 1.165) is 12.8 Å². The van der Waals surface area contributed by atoms with Gasteiger partial charge in [-0.25, -0.2) is 4.79 Å². The summed E-state index contributed by atoms with van der Waals surface area (Å²) in [6, 6.07) is 0. The van der Waals surface area contributed by atoms with E-state index in [1.165, 1.54) is 0 Å². The van der Waals surface area contributed by atoms with Gasteiger partial charge < -0.3 is 29.5 Å². The highest BCUT2D eigenvalue weighted by atomic mass is 16.6. The Labute approximate surface area is 122 Å². The van der Waals surface area contributed by atoms with Crippen molar-refractivity contribution >= 4 is 11.8 Å². The number of aliphatic hydroxyl groups excluding tert-OH is 3. The van der Waals surface area contributed by atoms with E-state index < -0.39 is 42.8 Å². The molecule has 2 unspecified atom stereocenters. The first kappa shape index (κ1) is 18.0. The molecule has 8 nitrogen and oxygen atoms in total. The molecule has 0 amide bonds. The maximum Gasteiger partial charge on any atom is 0.378 e. The van der Waals surface area contributed by atoms with E-state index >= 15 is 0 Å². The third kappa shape index (κ3) is 5.01. The van der Waals surface area contributed by atoms with Crippen molar-refractivity contribution < 1.29 is 39.1 Å². The number of aliphatic hydroxyl groups is 3. The summed E-state index contributed by atoms with van der Waals surface area (Å²) in [6.07, 6.45) is -2.82. The van der Waals surface area contributed by atoms with Crippen LogP contribution in [0.4, 0.5) is 0 Å². The molecule has 1 fully saturated rings. The Morgan fingerprint density at radius 2 is 2.00 bits per heavy atom. The number of carbonyl (C=O) groups is 2. The van der Waals surface area contributed by atoms with Gasteiger partial charge in [-0.15, -0.1) is 0 Å². The molecule has 0 spiro atoms. The lowest BCUT2D eigenvalue weighted by Gasteiger charge is -2.22. The second-order valence-electron chi connectivity index (χ2n) is 4.77. The summed E-state index contributed by atoms with van der Waals surface area (Å²) in [5.74, 6) is -2.03. The van der Waals surface area contributed by atoms with Crippen molar-refractivity contribution in [1.82, 2.24) is 0 Å². The summed E-state index contributed by atoms with van der Waals surface area (Å²) in [7, 11) is 0. The molecule has 1 saturated heterocycles. The number of ketones is 1. The smallest absolute Gasteiger partial charge is 0.378 e. The Balaban J connectivity index is 2.53. The van der Waals surface area contributed by atoms with Crippen molar-refractivity contribution in [2.75, 3.05) is 26.4 Å². The van der Waals surface area contributed by atoms with Crippen LogP contribution in [0.15, 0.2) is 0 Å². The first-order chi connectivity index (χ1) is 10.0. The van der Waals surface area contributed by atoms with Crippen molar-refractivity contribution in [3.8, 4) is 0 Å². The maximum atomic E-state index is 11.6. The standard InChI is InChI=1S/C13H22O8/c1-2-3-4-19-8(5-14)7-20-12-10(17)13(18)21-11(12)9(16)6-15/h8-9,11-12,14-16H,2-7H2,1H3/t8?,9-,11+,12?/m0/s1. The largest absolute Gasteiger partial charge is 0.450 e.